The van der Waals surface area contributed by atoms with Crippen molar-refractivity contribution in [3.05, 3.63) is 88.1 Å². The molecule has 0 saturated carbocycles. The fraction of sp³-hybridized carbons (Fsp3) is 0.250. The van der Waals surface area contributed by atoms with Crippen molar-refractivity contribution in [2.45, 2.75) is 32.2 Å². The molecule has 4 nitrogen and oxygen atoms in total. The number of hydrogen-bond acceptors (Lipinski definition) is 3. The number of thiophene rings is 1. The number of rotatable bonds is 7. The standard InChI is InChI=1S/C24H26N2O2S/c1-17(2)18-11-13-20(14-12-18)25-24(28)23(19-8-5-4-6-9-19)26(3)22(27)16-21-10-7-15-29-21/h4-15,17,23H,16H2,1-3H3,(H,25,28)/t23-/m1/s1. The summed E-state index contributed by atoms with van der Waals surface area (Å²) in [6.45, 7) is 4.26. The molecule has 2 aromatic carbocycles. The molecule has 3 rings (SSSR count). The molecule has 2 amide bonds. The smallest absolute Gasteiger partial charge is 0.251 e. The normalized spacial score (nSPS) is 11.9. The third kappa shape index (κ3) is 5.33. The van der Waals surface area contributed by atoms with Crippen LogP contribution in [-0.2, 0) is 16.0 Å². The van der Waals surface area contributed by atoms with Gasteiger partial charge >= 0.3 is 0 Å². The molecule has 1 heterocycles. The average molecular weight is 407 g/mol. The minimum atomic E-state index is -0.701. The fourth-order valence-electron chi connectivity index (χ4n) is 3.18. The molecular weight excluding hydrogens is 380 g/mol. The lowest BCUT2D eigenvalue weighted by molar-refractivity contribution is -0.136. The number of benzene rings is 2. The Balaban J connectivity index is 1.81. The van der Waals surface area contributed by atoms with E-state index in [9.17, 15) is 9.59 Å². The molecule has 0 bridgehead atoms. The zero-order valence-corrected chi connectivity index (χ0v) is 17.8. The number of carbonyl (C=O) groups is 2. The van der Waals surface area contributed by atoms with E-state index in [-0.39, 0.29) is 18.2 Å². The molecule has 0 aliphatic heterocycles. The first-order valence-electron chi connectivity index (χ1n) is 9.69. The SMILES string of the molecule is CC(C)c1ccc(NC(=O)[C@@H](c2ccccc2)N(C)C(=O)Cc2cccs2)cc1. The molecule has 0 saturated heterocycles. The third-order valence-electron chi connectivity index (χ3n) is 4.89. The van der Waals surface area contributed by atoms with Gasteiger partial charge in [-0.05, 0) is 40.6 Å². The Kier molecular flexibility index (Phi) is 6.83. The maximum atomic E-state index is 13.2. The van der Waals surface area contributed by atoms with Crippen LogP contribution in [-0.4, -0.2) is 23.8 Å². The van der Waals surface area contributed by atoms with E-state index in [4.69, 9.17) is 0 Å². The van der Waals surface area contributed by atoms with Crippen LogP contribution in [0.3, 0.4) is 0 Å². The number of amides is 2. The van der Waals surface area contributed by atoms with Gasteiger partial charge in [0.05, 0.1) is 6.42 Å². The Hall–Kier alpha value is -2.92. The summed E-state index contributed by atoms with van der Waals surface area (Å²) in [6, 6.07) is 20.4. The quantitative estimate of drug-likeness (QED) is 0.582. The summed E-state index contributed by atoms with van der Waals surface area (Å²) in [4.78, 5) is 28.6. The van der Waals surface area contributed by atoms with Gasteiger partial charge in [0.25, 0.3) is 5.91 Å². The van der Waals surface area contributed by atoms with Gasteiger partial charge < -0.3 is 10.2 Å². The highest BCUT2D eigenvalue weighted by Crippen LogP contribution is 2.24. The lowest BCUT2D eigenvalue weighted by Gasteiger charge is -2.28. The first kappa shape index (κ1) is 20.8. The van der Waals surface area contributed by atoms with Gasteiger partial charge in [0.1, 0.15) is 6.04 Å². The van der Waals surface area contributed by atoms with Crippen molar-refractivity contribution in [3.8, 4) is 0 Å². The van der Waals surface area contributed by atoms with Crippen LogP contribution in [0.25, 0.3) is 0 Å². The van der Waals surface area contributed by atoms with Gasteiger partial charge in [-0.2, -0.15) is 0 Å². The molecule has 0 aliphatic carbocycles. The van der Waals surface area contributed by atoms with Crippen molar-refractivity contribution in [1.29, 1.82) is 0 Å². The molecule has 0 aliphatic rings. The van der Waals surface area contributed by atoms with E-state index in [0.29, 0.717) is 5.92 Å². The van der Waals surface area contributed by atoms with Crippen LogP contribution < -0.4 is 5.32 Å². The Morgan fingerprint density at radius 3 is 2.21 bits per heavy atom. The molecule has 1 aromatic heterocycles. The lowest BCUT2D eigenvalue weighted by Crippen LogP contribution is -2.39. The first-order valence-corrected chi connectivity index (χ1v) is 10.6. The third-order valence-corrected chi connectivity index (χ3v) is 5.77. The summed E-state index contributed by atoms with van der Waals surface area (Å²) < 4.78 is 0. The molecule has 1 N–H and O–H groups in total. The van der Waals surface area contributed by atoms with Crippen LogP contribution in [0.2, 0.25) is 0 Å². The predicted molar refractivity (Wildman–Crippen MR) is 119 cm³/mol. The Bertz CT molecular complexity index is 935. The number of anilines is 1. The van der Waals surface area contributed by atoms with Crippen LogP contribution in [0.1, 0.15) is 41.8 Å². The van der Waals surface area contributed by atoms with Gasteiger partial charge in [-0.1, -0.05) is 62.4 Å². The maximum Gasteiger partial charge on any atom is 0.251 e. The molecule has 3 aromatic rings. The number of likely N-dealkylation sites (N-methyl/N-ethyl adjacent to an activating group) is 1. The highest BCUT2D eigenvalue weighted by molar-refractivity contribution is 7.10. The van der Waals surface area contributed by atoms with E-state index in [1.165, 1.54) is 10.5 Å². The molecular formula is C24H26N2O2S. The van der Waals surface area contributed by atoms with Crippen LogP contribution in [0.5, 0.6) is 0 Å². The van der Waals surface area contributed by atoms with Gasteiger partial charge in [-0.25, -0.2) is 0 Å². The van der Waals surface area contributed by atoms with Crippen molar-refractivity contribution in [2.75, 3.05) is 12.4 Å². The van der Waals surface area contributed by atoms with Crippen LogP contribution in [0.4, 0.5) is 5.69 Å². The van der Waals surface area contributed by atoms with Crippen molar-refractivity contribution < 1.29 is 9.59 Å². The van der Waals surface area contributed by atoms with Crippen molar-refractivity contribution >= 4 is 28.8 Å². The van der Waals surface area contributed by atoms with E-state index in [0.717, 1.165) is 16.1 Å². The highest BCUT2D eigenvalue weighted by Gasteiger charge is 2.28. The zero-order chi connectivity index (χ0) is 20.8. The molecule has 150 valence electrons. The van der Waals surface area contributed by atoms with E-state index in [1.54, 1.807) is 18.4 Å². The number of nitrogens with zero attached hydrogens (tertiary/aromatic N) is 1. The molecule has 0 unspecified atom stereocenters. The summed E-state index contributed by atoms with van der Waals surface area (Å²) in [6.07, 6.45) is 0.286. The van der Waals surface area contributed by atoms with Crippen molar-refractivity contribution in [2.24, 2.45) is 0 Å². The fourth-order valence-corrected chi connectivity index (χ4v) is 3.87. The molecule has 5 heteroatoms. The summed E-state index contributed by atoms with van der Waals surface area (Å²) in [5.41, 5.74) is 2.72. The van der Waals surface area contributed by atoms with Crippen LogP contribution in [0.15, 0.2) is 72.1 Å². The lowest BCUT2D eigenvalue weighted by atomic mass is 10.0. The Morgan fingerprint density at radius 1 is 0.931 bits per heavy atom. The summed E-state index contributed by atoms with van der Waals surface area (Å²) in [7, 11) is 1.69. The molecule has 1 atom stereocenters. The largest absolute Gasteiger partial charge is 0.329 e. The molecule has 0 fully saturated rings. The van der Waals surface area contributed by atoms with Crippen molar-refractivity contribution in [3.63, 3.8) is 0 Å². The average Bonchev–Trinajstić information content (AvgIpc) is 3.22. The molecule has 0 spiro atoms. The summed E-state index contributed by atoms with van der Waals surface area (Å²) in [5.74, 6) is 0.111. The molecule has 0 radical (unpaired) electrons. The van der Waals surface area contributed by atoms with Gasteiger partial charge in [-0.15, -0.1) is 11.3 Å². The first-order chi connectivity index (χ1) is 14.0. The summed E-state index contributed by atoms with van der Waals surface area (Å²) in [5, 5.41) is 4.92. The number of hydrogen-bond donors (Lipinski definition) is 1. The maximum absolute atomic E-state index is 13.2. The Morgan fingerprint density at radius 2 is 1.62 bits per heavy atom. The Labute approximate surface area is 176 Å². The topological polar surface area (TPSA) is 49.4 Å². The van der Waals surface area contributed by atoms with Crippen molar-refractivity contribution in [1.82, 2.24) is 4.90 Å². The second kappa shape index (κ2) is 9.52. The second-order valence-corrected chi connectivity index (χ2v) is 8.37. The minimum absolute atomic E-state index is 0.0911. The van der Waals surface area contributed by atoms with Gasteiger partial charge in [0.15, 0.2) is 0 Å². The molecule has 29 heavy (non-hydrogen) atoms. The van der Waals surface area contributed by atoms with Gasteiger partial charge in [0.2, 0.25) is 5.91 Å². The monoisotopic (exact) mass is 406 g/mol. The number of nitrogens with one attached hydrogen (secondary N) is 1. The van der Waals surface area contributed by atoms with Gasteiger partial charge in [-0.3, -0.25) is 9.59 Å². The van der Waals surface area contributed by atoms with E-state index in [1.807, 2.05) is 72.1 Å². The van der Waals surface area contributed by atoms with Crippen LogP contribution >= 0.6 is 11.3 Å². The predicted octanol–water partition coefficient (Wildman–Crippen LogP) is 5.25. The van der Waals surface area contributed by atoms with Gasteiger partial charge in [0, 0.05) is 17.6 Å². The van der Waals surface area contributed by atoms with E-state index in [2.05, 4.69) is 19.2 Å². The van der Waals surface area contributed by atoms with E-state index < -0.39 is 6.04 Å². The minimum Gasteiger partial charge on any atom is -0.329 e. The number of carbonyl (C=O) groups excluding carboxylic acids is 2. The van der Waals surface area contributed by atoms with E-state index >= 15 is 0 Å². The van der Waals surface area contributed by atoms with Crippen LogP contribution in [0, 0.1) is 0 Å². The summed E-state index contributed by atoms with van der Waals surface area (Å²) >= 11 is 1.54. The second-order valence-electron chi connectivity index (χ2n) is 7.34. The zero-order valence-electron chi connectivity index (χ0n) is 17.0. The highest BCUT2D eigenvalue weighted by atomic mass is 32.1.